The number of carbonyl (C=O) groups excluding carboxylic acids is 1. The van der Waals surface area contributed by atoms with Gasteiger partial charge in [-0.05, 0) is 51.8 Å². The predicted octanol–water partition coefficient (Wildman–Crippen LogP) is 3.05. The van der Waals surface area contributed by atoms with Crippen molar-refractivity contribution in [3.8, 4) is 0 Å². The Hall–Kier alpha value is -2.57. The number of aromatic nitrogens is 2. The first kappa shape index (κ1) is 18.2. The maximum absolute atomic E-state index is 12.2. The highest BCUT2D eigenvalue weighted by atomic mass is 16.6. The highest BCUT2D eigenvalue weighted by Crippen LogP contribution is 2.23. The van der Waals surface area contributed by atoms with Crippen molar-refractivity contribution in [3.05, 3.63) is 24.4 Å². The van der Waals surface area contributed by atoms with E-state index in [1.165, 1.54) is 0 Å². The number of likely N-dealkylation sites (tertiary alicyclic amines) is 1. The van der Waals surface area contributed by atoms with Crippen molar-refractivity contribution in [2.24, 2.45) is 0 Å². The van der Waals surface area contributed by atoms with Gasteiger partial charge in [0.05, 0.1) is 17.2 Å². The summed E-state index contributed by atoms with van der Waals surface area (Å²) in [5, 5.41) is 0. The Morgan fingerprint density at radius 3 is 2.62 bits per heavy atom. The molecule has 140 valence electrons. The number of nitrogens with zero attached hydrogens (tertiary/aromatic N) is 4. The largest absolute Gasteiger partial charge is 0.444 e. The number of benzene rings is 1. The molecule has 0 atom stereocenters. The molecule has 1 fully saturated rings. The van der Waals surface area contributed by atoms with E-state index in [-0.39, 0.29) is 6.09 Å². The third-order valence-corrected chi connectivity index (χ3v) is 4.58. The summed E-state index contributed by atoms with van der Waals surface area (Å²) in [6, 6.07) is 5.86. The van der Waals surface area contributed by atoms with Gasteiger partial charge in [-0.15, -0.1) is 0 Å². The van der Waals surface area contributed by atoms with Crippen LogP contribution in [0, 0.1) is 0 Å². The van der Waals surface area contributed by atoms with Crippen molar-refractivity contribution in [3.63, 3.8) is 0 Å². The summed E-state index contributed by atoms with van der Waals surface area (Å²) in [6.45, 7) is 7.02. The summed E-state index contributed by atoms with van der Waals surface area (Å²) in [5.74, 6) is 0.831. The first-order valence-electron chi connectivity index (χ1n) is 8.96. The van der Waals surface area contributed by atoms with Crippen molar-refractivity contribution in [2.45, 2.75) is 45.3 Å². The van der Waals surface area contributed by atoms with Gasteiger partial charge >= 0.3 is 6.09 Å². The SMILES string of the molecule is CN(c1cnc2cc(N)ccc2n1)C1CCN(C(=O)OC(C)(C)C)CC1. The van der Waals surface area contributed by atoms with Crippen LogP contribution in [0.5, 0.6) is 0 Å². The molecule has 26 heavy (non-hydrogen) atoms. The Morgan fingerprint density at radius 2 is 1.96 bits per heavy atom. The van der Waals surface area contributed by atoms with E-state index in [9.17, 15) is 4.79 Å². The molecule has 0 radical (unpaired) electrons. The fraction of sp³-hybridized carbons (Fsp3) is 0.526. The van der Waals surface area contributed by atoms with Crippen LogP contribution in [0.25, 0.3) is 11.0 Å². The fourth-order valence-corrected chi connectivity index (χ4v) is 3.14. The Morgan fingerprint density at radius 1 is 1.27 bits per heavy atom. The van der Waals surface area contributed by atoms with Gasteiger partial charge in [0.25, 0.3) is 0 Å². The monoisotopic (exact) mass is 357 g/mol. The summed E-state index contributed by atoms with van der Waals surface area (Å²) in [5.41, 5.74) is 7.63. The van der Waals surface area contributed by atoms with Crippen molar-refractivity contribution in [1.82, 2.24) is 14.9 Å². The van der Waals surface area contributed by atoms with E-state index in [2.05, 4.69) is 9.88 Å². The van der Waals surface area contributed by atoms with Crippen molar-refractivity contribution in [1.29, 1.82) is 0 Å². The van der Waals surface area contributed by atoms with Gasteiger partial charge in [-0.2, -0.15) is 0 Å². The molecule has 2 N–H and O–H groups in total. The molecule has 1 aromatic carbocycles. The number of carbonyl (C=O) groups is 1. The lowest BCUT2D eigenvalue weighted by Crippen LogP contribution is -2.47. The quantitative estimate of drug-likeness (QED) is 0.832. The number of fused-ring (bicyclic) bond motifs is 1. The second kappa shape index (κ2) is 6.97. The minimum Gasteiger partial charge on any atom is -0.444 e. The van der Waals surface area contributed by atoms with Gasteiger partial charge in [-0.1, -0.05) is 0 Å². The normalized spacial score (nSPS) is 15.9. The Labute approximate surface area is 154 Å². The van der Waals surface area contributed by atoms with E-state index in [1.807, 2.05) is 46.0 Å². The van der Waals surface area contributed by atoms with E-state index >= 15 is 0 Å². The van der Waals surface area contributed by atoms with Gasteiger partial charge < -0.3 is 20.3 Å². The Kier molecular flexibility index (Phi) is 4.89. The molecule has 0 aliphatic carbocycles. The second-order valence-corrected chi connectivity index (χ2v) is 7.79. The molecule has 1 saturated heterocycles. The molecular formula is C19H27N5O2. The molecule has 3 rings (SSSR count). The van der Waals surface area contributed by atoms with Crippen LogP contribution in [0.4, 0.5) is 16.3 Å². The summed E-state index contributed by atoms with van der Waals surface area (Å²) in [4.78, 5) is 25.3. The summed E-state index contributed by atoms with van der Waals surface area (Å²) in [6.07, 6.45) is 3.29. The zero-order valence-corrected chi connectivity index (χ0v) is 15.9. The number of amides is 1. The molecule has 7 nitrogen and oxygen atoms in total. The molecule has 1 amide bonds. The van der Waals surface area contributed by atoms with Crippen LogP contribution < -0.4 is 10.6 Å². The molecule has 7 heteroatoms. The molecule has 1 aromatic heterocycles. The number of nitrogen functional groups attached to an aromatic ring is 1. The summed E-state index contributed by atoms with van der Waals surface area (Å²) >= 11 is 0. The van der Waals surface area contributed by atoms with Gasteiger partial charge in [0.1, 0.15) is 11.4 Å². The molecule has 0 bridgehead atoms. The predicted molar refractivity (Wildman–Crippen MR) is 103 cm³/mol. The minimum absolute atomic E-state index is 0.235. The van der Waals surface area contributed by atoms with Gasteiger partial charge in [0.15, 0.2) is 0 Å². The summed E-state index contributed by atoms with van der Waals surface area (Å²) in [7, 11) is 2.03. The van der Waals surface area contributed by atoms with Crippen LogP contribution in [0.2, 0.25) is 0 Å². The molecule has 0 saturated carbocycles. The minimum atomic E-state index is -0.463. The summed E-state index contributed by atoms with van der Waals surface area (Å²) < 4.78 is 5.46. The van der Waals surface area contributed by atoms with Crippen LogP contribution in [-0.2, 0) is 4.74 Å². The van der Waals surface area contributed by atoms with Gasteiger partial charge in [-0.3, -0.25) is 4.98 Å². The standard InChI is InChI=1S/C19H27N5O2/c1-19(2,3)26-18(25)24-9-7-14(8-10-24)23(4)17-12-21-16-11-13(20)5-6-15(16)22-17/h5-6,11-12,14H,7-10,20H2,1-4H3. The van der Waals surface area contributed by atoms with Crippen LogP contribution in [0.15, 0.2) is 24.4 Å². The molecule has 0 unspecified atom stereocenters. The van der Waals surface area contributed by atoms with E-state index in [4.69, 9.17) is 15.5 Å². The number of hydrogen-bond acceptors (Lipinski definition) is 6. The first-order valence-corrected chi connectivity index (χ1v) is 8.96. The highest BCUT2D eigenvalue weighted by molar-refractivity contribution is 5.79. The van der Waals surface area contributed by atoms with Crippen molar-refractivity contribution >= 4 is 28.6 Å². The van der Waals surface area contributed by atoms with E-state index in [1.54, 1.807) is 11.1 Å². The van der Waals surface area contributed by atoms with Gasteiger partial charge in [0.2, 0.25) is 0 Å². The molecule has 1 aliphatic heterocycles. The lowest BCUT2D eigenvalue weighted by atomic mass is 10.0. The second-order valence-electron chi connectivity index (χ2n) is 7.79. The maximum Gasteiger partial charge on any atom is 0.410 e. The third-order valence-electron chi connectivity index (χ3n) is 4.58. The zero-order valence-electron chi connectivity index (χ0n) is 15.9. The van der Waals surface area contributed by atoms with Crippen LogP contribution in [-0.4, -0.2) is 52.7 Å². The first-order chi connectivity index (χ1) is 12.2. The molecular weight excluding hydrogens is 330 g/mol. The molecule has 1 aliphatic rings. The van der Waals surface area contributed by atoms with Gasteiger partial charge in [-0.25, -0.2) is 9.78 Å². The molecule has 2 heterocycles. The number of piperidine rings is 1. The fourth-order valence-electron chi connectivity index (χ4n) is 3.14. The topological polar surface area (TPSA) is 84.6 Å². The lowest BCUT2D eigenvalue weighted by Gasteiger charge is -2.37. The third kappa shape index (κ3) is 4.15. The average molecular weight is 357 g/mol. The van der Waals surface area contributed by atoms with E-state index in [0.29, 0.717) is 24.8 Å². The zero-order chi connectivity index (χ0) is 18.9. The number of ether oxygens (including phenoxy) is 1. The van der Waals surface area contributed by atoms with Crippen LogP contribution in [0.3, 0.4) is 0 Å². The maximum atomic E-state index is 12.2. The van der Waals surface area contributed by atoms with E-state index in [0.717, 1.165) is 29.7 Å². The highest BCUT2D eigenvalue weighted by Gasteiger charge is 2.29. The number of rotatable bonds is 2. The van der Waals surface area contributed by atoms with Crippen molar-refractivity contribution in [2.75, 3.05) is 30.8 Å². The Balaban J connectivity index is 1.64. The average Bonchev–Trinajstić information content (AvgIpc) is 2.59. The number of anilines is 2. The van der Waals surface area contributed by atoms with Crippen molar-refractivity contribution < 1.29 is 9.53 Å². The molecule has 0 spiro atoms. The van der Waals surface area contributed by atoms with E-state index < -0.39 is 5.60 Å². The lowest BCUT2D eigenvalue weighted by molar-refractivity contribution is 0.0205. The Bertz CT molecular complexity index is 794. The van der Waals surface area contributed by atoms with Crippen LogP contribution >= 0.6 is 0 Å². The number of nitrogens with two attached hydrogens (primary N) is 1. The smallest absolute Gasteiger partial charge is 0.410 e. The van der Waals surface area contributed by atoms with Gasteiger partial charge in [0, 0.05) is 31.9 Å². The molecule has 2 aromatic rings. The van der Waals surface area contributed by atoms with Crippen LogP contribution in [0.1, 0.15) is 33.6 Å². The number of hydrogen-bond donors (Lipinski definition) is 1.